The highest BCUT2D eigenvalue weighted by molar-refractivity contribution is 5.75. The molecule has 3 rings (SSSR count). The van der Waals surface area contributed by atoms with Crippen molar-refractivity contribution in [3.05, 3.63) is 42.1 Å². The minimum absolute atomic E-state index is 0.0372. The van der Waals surface area contributed by atoms with Crippen molar-refractivity contribution in [3.63, 3.8) is 0 Å². The molecule has 1 heterocycles. The van der Waals surface area contributed by atoms with Crippen molar-refractivity contribution in [2.75, 3.05) is 0 Å². The number of carbonyl (C=O) groups is 1. The number of aliphatic carboxylic acids is 1. The Morgan fingerprint density at radius 2 is 2.33 bits per heavy atom. The maximum atomic E-state index is 13.1. The lowest BCUT2D eigenvalue weighted by Crippen LogP contribution is -1.99. The van der Waals surface area contributed by atoms with Gasteiger partial charge < -0.3 is 10.1 Å². The van der Waals surface area contributed by atoms with E-state index in [9.17, 15) is 9.18 Å². The summed E-state index contributed by atoms with van der Waals surface area (Å²) in [7, 11) is 0. The number of aromatic amines is 1. The van der Waals surface area contributed by atoms with Gasteiger partial charge in [-0.25, -0.2) is 9.37 Å². The van der Waals surface area contributed by atoms with Gasteiger partial charge in [-0.1, -0.05) is 12.1 Å². The summed E-state index contributed by atoms with van der Waals surface area (Å²) in [5.74, 6) is -0.801. The highest BCUT2D eigenvalue weighted by atomic mass is 19.1. The molecular formula is C13H11FN2O2. The second-order valence-corrected chi connectivity index (χ2v) is 4.48. The first-order chi connectivity index (χ1) is 8.65. The summed E-state index contributed by atoms with van der Waals surface area (Å²) >= 11 is 0. The number of hydrogen-bond acceptors (Lipinski definition) is 2. The fraction of sp³-hybridized carbons (Fsp3) is 0.231. The highest BCUT2D eigenvalue weighted by Crippen LogP contribution is 2.46. The van der Waals surface area contributed by atoms with E-state index in [1.165, 1.54) is 12.1 Å². The lowest BCUT2D eigenvalue weighted by atomic mass is 10.2. The predicted octanol–water partition coefficient (Wildman–Crippen LogP) is 2.40. The van der Waals surface area contributed by atoms with Crippen molar-refractivity contribution >= 4 is 5.97 Å². The highest BCUT2D eigenvalue weighted by Gasteiger charge is 2.46. The van der Waals surface area contributed by atoms with Crippen molar-refractivity contribution in [1.29, 1.82) is 0 Å². The monoisotopic (exact) mass is 246 g/mol. The number of rotatable bonds is 3. The Bertz CT molecular complexity index is 609. The Labute approximate surface area is 102 Å². The number of H-pyrrole nitrogens is 1. The summed E-state index contributed by atoms with van der Waals surface area (Å²) in [6.45, 7) is 0. The number of carboxylic acids is 1. The van der Waals surface area contributed by atoms with Crippen LogP contribution in [0.25, 0.3) is 11.3 Å². The van der Waals surface area contributed by atoms with E-state index < -0.39 is 5.97 Å². The van der Waals surface area contributed by atoms with Crippen LogP contribution in [-0.4, -0.2) is 21.0 Å². The summed E-state index contributed by atoms with van der Waals surface area (Å²) in [4.78, 5) is 18.0. The SMILES string of the molecule is O=C(O)C1CC1c1ncc(-c2cccc(F)c2)[nH]1. The van der Waals surface area contributed by atoms with Crippen LogP contribution >= 0.6 is 0 Å². The second kappa shape index (κ2) is 3.94. The van der Waals surface area contributed by atoms with Gasteiger partial charge in [0.1, 0.15) is 11.6 Å². The predicted molar refractivity (Wildman–Crippen MR) is 62.5 cm³/mol. The summed E-state index contributed by atoms with van der Waals surface area (Å²) in [5, 5.41) is 8.85. The molecule has 5 heteroatoms. The Morgan fingerprint density at radius 3 is 3.00 bits per heavy atom. The summed E-state index contributed by atoms with van der Waals surface area (Å²) in [6, 6.07) is 6.20. The van der Waals surface area contributed by atoms with Crippen molar-refractivity contribution < 1.29 is 14.3 Å². The molecule has 2 N–H and O–H groups in total. The quantitative estimate of drug-likeness (QED) is 0.873. The van der Waals surface area contributed by atoms with Crippen molar-refractivity contribution in [2.45, 2.75) is 12.3 Å². The largest absolute Gasteiger partial charge is 0.481 e. The van der Waals surface area contributed by atoms with Crippen LogP contribution < -0.4 is 0 Å². The maximum Gasteiger partial charge on any atom is 0.307 e. The molecule has 1 aromatic heterocycles. The molecule has 0 spiro atoms. The molecule has 1 aliphatic carbocycles. The first kappa shape index (κ1) is 11.0. The molecule has 1 aliphatic rings. The minimum Gasteiger partial charge on any atom is -0.481 e. The van der Waals surface area contributed by atoms with Crippen LogP contribution in [0.15, 0.2) is 30.5 Å². The van der Waals surface area contributed by atoms with E-state index >= 15 is 0 Å². The number of hydrogen-bond donors (Lipinski definition) is 2. The first-order valence-corrected chi connectivity index (χ1v) is 5.69. The van der Waals surface area contributed by atoms with E-state index in [1.807, 2.05) is 0 Å². The number of imidazole rings is 1. The zero-order chi connectivity index (χ0) is 12.7. The van der Waals surface area contributed by atoms with Crippen molar-refractivity contribution in [3.8, 4) is 11.3 Å². The van der Waals surface area contributed by atoms with Crippen LogP contribution in [0.3, 0.4) is 0 Å². The van der Waals surface area contributed by atoms with Crippen molar-refractivity contribution in [2.24, 2.45) is 5.92 Å². The summed E-state index contributed by atoms with van der Waals surface area (Å²) < 4.78 is 13.1. The van der Waals surface area contributed by atoms with Gasteiger partial charge in [-0.05, 0) is 18.6 Å². The third kappa shape index (κ3) is 1.88. The van der Waals surface area contributed by atoms with E-state index in [2.05, 4.69) is 9.97 Å². The van der Waals surface area contributed by atoms with Gasteiger partial charge in [-0.3, -0.25) is 4.79 Å². The summed E-state index contributed by atoms with van der Waals surface area (Å²) in [5.41, 5.74) is 1.42. The molecule has 4 nitrogen and oxygen atoms in total. The van der Waals surface area contributed by atoms with Gasteiger partial charge in [-0.15, -0.1) is 0 Å². The standard InChI is InChI=1S/C13H11FN2O2/c14-8-3-1-2-7(4-8)11-6-15-12(16-11)9-5-10(9)13(17)18/h1-4,6,9-10H,5H2,(H,15,16)(H,17,18). The van der Waals surface area contributed by atoms with Gasteiger partial charge in [0.25, 0.3) is 0 Å². The van der Waals surface area contributed by atoms with Crippen molar-refractivity contribution in [1.82, 2.24) is 9.97 Å². The van der Waals surface area contributed by atoms with E-state index in [1.54, 1.807) is 18.3 Å². The zero-order valence-electron chi connectivity index (χ0n) is 9.43. The van der Waals surface area contributed by atoms with Crippen LogP contribution in [0.4, 0.5) is 4.39 Å². The number of benzene rings is 1. The van der Waals surface area contributed by atoms with Gasteiger partial charge in [-0.2, -0.15) is 0 Å². The fourth-order valence-electron chi connectivity index (χ4n) is 2.10. The number of nitrogens with zero attached hydrogens (tertiary/aromatic N) is 1. The average Bonchev–Trinajstić information content (AvgIpc) is 3.00. The number of halogens is 1. The summed E-state index contributed by atoms with van der Waals surface area (Å²) in [6.07, 6.45) is 2.23. The zero-order valence-corrected chi connectivity index (χ0v) is 9.43. The Kier molecular flexibility index (Phi) is 2.40. The van der Waals surface area contributed by atoms with E-state index in [0.29, 0.717) is 23.5 Å². The van der Waals surface area contributed by atoms with Crippen LogP contribution in [-0.2, 0) is 4.79 Å². The molecule has 18 heavy (non-hydrogen) atoms. The molecule has 92 valence electrons. The topological polar surface area (TPSA) is 66.0 Å². The smallest absolute Gasteiger partial charge is 0.307 e. The molecule has 0 aliphatic heterocycles. The van der Waals surface area contributed by atoms with Crippen LogP contribution in [0.1, 0.15) is 18.2 Å². The van der Waals surface area contributed by atoms with Gasteiger partial charge in [0, 0.05) is 11.5 Å². The molecule has 1 saturated carbocycles. The molecule has 1 aromatic carbocycles. The molecule has 0 radical (unpaired) electrons. The molecule has 1 fully saturated rings. The molecule has 2 atom stereocenters. The second-order valence-electron chi connectivity index (χ2n) is 4.48. The molecule has 0 saturated heterocycles. The van der Waals surface area contributed by atoms with Gasteiger partial charge in [0.05, 0.1) is 17.8 Å². The van der Waals surface area contributed by atoms with Gasteiger partial charge >= 0.3 is 5.97 Å². The van der Waals surface area contributed by atoms with E-state index in [4.69, 9.17) is 5.11 Å². The average molecular weight is 246 g/mol. The number of carboxylic acid groups (broad SMARTS) is 1. The Balaban J connectivity index is 1.84. The van der Waals surface area contributed by atoms with Gasteiger partial charge in [0.15, 0.2) is 0 Å². The van der Waals surface area contributed by atoms with Crippen LogP contribution in [0.2, 0.25) is 0 Å². The fourth-order valence-corrected chi connectivity index (χ4v) is 2.10. The van der Waals surface area contributed by atoms with Crippen LogP contribution in [0.5, 0.6) is 0 Å². The lowest BCUT2D eigenvalue weighted by Gasteiger charge is -1.97. The Morgan fingerprint density at radius 1 is 1.50 bits per heavy atom. The number of nitrogens with one attached hydrogen (secondary N) is 1. The third-order valence-electron chi connectivity index (χ3n) is 3.19. The van der Waals surface area contributed by atoms with E-state index in [-0.39, 0.29) is 17.7 Å². The van der Waals surface area contributed by atoms with Gasteiger partial charge in [0.2, 0.25) is 0 Å². The molecule has 2 aromatic rings. The maximum absolute atomic E-state index is 13.1. The van der Waals surface area contributed by atoms with E-state index in [0.717, 1.165) is 0 Å². The molecule has 0 bridgehead atoms. The number of aromatic nitrogens is 2. The lowest BCUT2D eigenvalue weighted by molar-refractivity contribution is -0.138. The first-order valence-electron chi connectivity index (χ1n) is 5.69. The Hall–Kier alpha value is -2.17. The van der Waals surface area contributed by atoms with Crippen LogP contribution in [0, 0.1) is 11.7 Å². The molecule has 2 unspecified atom stereocenters. The molecular weight excluding hydrogens is 235 g/mol. The third-order valence-corrected chi connectivity index (χ3v) is 3.19. The minimum atomic E-state index is -0.788. The normalized spacial score (nSPS) is 21.8. The molecule has 0 amide bonds.